The molecule has 2 atom stereocenters. The molecule has 4 aliphatic carbocycles. The second-order valence-electron chi connectivity index (χ2n) is 10.9. The molecule has 0 saturated heterocycles. The van der Waals surface area contributed by atoms with E-state index in [-0.39, 0.29) is 36.4 Å². The molecule has 4 saturated carbocycles. The van der Waals surface area contributed by atoms with Crippen LogP contribution in [0.25, 0.3) is 0 Å². The molecular weight excluding hydrogens is 558 g/mol. The maximum absolute atomic E-state index is 15.8. The van der Waals surface area contributed by atoms with Gasteiger partial charge in [0, 0.05) is 11.8 Å². The molecule has 4 fully saturated rings. The molecule has 0 amide bonds. The van der Waals surface area contributed by atoms with Crippen LogP contribution < -0.4 is 0 Å². The average molecular weight is 588 g/mol. The summed E-state index contributed by atoms with van der Waals surface area (Å²) >= 11 is 0. The topological polar surface area (TPSA) is 90.3 Å². The molecule has 0 heterocycles. The molecule has 4 aliphatic rings. The minimum Gasteiger partial charge on any atom is -0.453 e. The summed E-state index contributed by atoms with van der Waals surface area (Å²) in [7, 11) is -8.93. The van der Waals surface area contributed by atoms with Crippen LogP contribution in [0.4, 0.5) is 8.78 Å². The van der Waals surface area contributed by atoms with Crippen molar-refractivity contribution >= 4 is 32.2 Å². The number of esters is 1. The van der Waals surface area contributed by atoms with Gasteiger partial charge in [-0.15, -0.1) is 8.42 Å². The van der Waals surface area contributed by atoms with Gasteiger partial charge in [-0.1, -0.05) is 54.6 Å². The van der Waals surface area contributed by atoms with Crippen LogP contribution in [0.3, 0.4) is 0 Å². The maximum atomic E-state index is 15.8. The van der Waals surface area contributed by atoms with Gasteiger partial charge < -0.3 is 4.74 Å². The maximum Gasteiger partial charge on any atom is 0.514 e. The van der Waals surface area contributed by atoms with Crippen molar-refractivity contribution in [3.63, 3.8) is 0 Å². The van der Waals surface area contributed by atoms with Gasteiger partial charge >= 0.3 is 21.3 Å². The summed E-state index contributed by atoms with van der Waals surface area (Å²) in [6.07, 6.45) is 2.00. The van der Waals surface area contributed by atoms with E-state index < -0.39 is 37.3 Å². The highest BCUT2D eigenvalue weighted by Gasteiger charge is 2.66. The van der Waals surface area contributed by atoms with Crippen LogP contribution in [-0.4, -0.2) is 34.7 Å². The summed E-state index contributed by atoms with van der Waals surface area (Å²) in [5.41, 5.74) is -1.25. The van der Waals surface area contributed by atoms with E-state index in [4.69, 9.17) is 4.74 Å². The van der Waals surface area contributed by atoms with Gasteiger partial charge in [-0.2, -0.15) is 8.78 Å². The van der Waals surface area contributed by atoms with Crippen LogP contribution in [0, 0.1) is 17.8 Å². The molecule has 40 heavy (non-hydrogen) atoms. The highest BCUT2D eigenvalue weighted by molar-refractivity contribution is 8.32. The van der Waals surface area contributed by atoms with Crippen molar-refractivity contribution in [1.82, 2.24) is 0 Å². The van der Waals surface area contributed by atoms with E-state index in [1.54, 1.807) is 91.0 Å². The normalized spacial score (nSPS) is 26.4. The number of Topliss-reactive ketones (excluding diaryl/α,β-unsaturated/α-hetero) is 1. The summed E-state index contributed by atoms with van der Waals surface area (Å²) in [6, 6.07) is 25.2. The van der Waals surface area contributed by atoms with Crippen LogP contribution in [0.5, 0.6) is 0 Å². The Balaban J connectivity index is 1.39. The van der Waals surface area contributed by atoms with Crippen LogP contribution in [0.1, 0.15) is 32.1 Å². The minimum atomic E-state index is -5.77. The van der Waals surface area contributed by atoms with Gasteiger partial charge in [-0.3, -0.25) is 8.42 Å². The molecule has 10 heteroatoms. The molecule has 4 bridgehead atoms. The lowest BCUT2D eigenvalue weighted by Crippen LogP contribution is -2.58. The number of carbonyl (C=O) groups is 2. The summed E-state index contributed by atoms with van der Waals surface area (Å²) in [6.45, 7) is 0. The lowest BCUT2D eigenvalue weighted by atomic mass is 9.53. The standard InChI is InChI=1S/C30H28F2O6S2/c31-30(32,28(34)37-29-18-21-16-22(19-29)27(33)23(17-21)20-29)40(35,36)38-39(24-10-4-1-5-11-24,25-12-6-2-7-13-25)26-14-8-3-9-15-26/h1-15,21-23H,16-20H2/p+1. The number of ketones is 1. The first kappa shape index (κ1) is 27.1. The van der Waals surface area contributed by atoms with E-state index in [9.17, 15) is 18.0 Å². The highest BCUT2D eigenvalue weighted by Crippen LogP contribution is 2.69. The van der Waals surface area contributed by atoms with Gasteiger partial charge in [0.05, 0.1) is 25.0 Å². The van der Waals surface area contributed by atoms with Crippen molar-refractivity contribution < 1.29 is 35.2 Å². The van der Waals surface area contributed by atoms with Gasteiger partial charge in [0.15, 0.2) is 0 Å². The molecule has 210 valence electrons. The second kappa shape index (κ2) is 9.78. The third-order valence-electron chi connectivity index (χ3n) is 8.27. The first-order chi connectivity index (χ1) is 19.1. The fourth-order valence-corrected chi connectivity index (χ4v) is 12.1. The van der Waals surface area contributed by atoms with E-state index in [1.807, 2.05) is 0 Å². The molecule has 1 N–H and O–H groups in total. The Morgan fingerprint density at radius 1 is 0.775 bits per heavy atom. The monoisotopic (exact) mass is 587 g/mol. The van der Waals surface area contributed by atoms with Crippen molar-refractivity contribution in [2.24, 2.45) is 17.8 Å². The molecule has 7 rings (SSSR count). The quantitative estimate of drug-likeness (QED) is 0.169. The number of hydrogen-bond acceptors (Lipinski definition) is 5. The second-order valence-corrected chi connectivity index (χ2v) is 15.5. The van der Waals surface area contributed by atoms with Gasteiger partial charge in [-0.05, 0) is 74.4 Å². The average Bonchev–Trinajstić information content (AvgIpc) is 2.95. The Bertz CT molecular complexity index is 1420. The van der Waals surface area contributed by atoms with E-state index >= 15 is 8.78 Å². The Morgan fingerprint density at radius 3 is 1.62 bits per heavy atom. The molecule has 3 aromatic carbocycles. The van der Waals surface area contributed by atoms with E-state index in [0.29, 0.717) is 33.9 Å². The molecule has 2 unspecified atom stereocenters. The number of alkyl halides is 2. The van der Waals surface area contributed by atoms with Crippen molar-refractivity contribution in [3.05, 3.63) is 91.0 Å². The number of carbonyl (C=O) groups excluding carboxylic acids is 2. The Hall–Kier alpha value is -3.08. The Morgan fingerprint density at radius 2 is 1.20 bits per heavy atom. The third-order valence-corrected chi connectivity index (χ3v) is 13.6. The predicted molar refractivity (Wildman–Crippen MR) is 146 cm³/mol. The Labute approximate surface area is 233 Å². The summed E-state index contributed by atoms with van der Waals surface area (Å²) < 4.78 is 68.3. The van der Waals surface area contributed by atoms with Gasteiger partial charge in [-0.25, -0.2) is 4.79 Å². The number of benzene rings is 3. The third kappa shape index (κ3) is 4.37. The van der Waals surface area contributed by atoms with E-state index in [0.717, 1.165) is 0 Å². The lowest BCUT2D eigenvalue weighted by Gasteiger charge is -2.54. The van der Waals surface area contributed by atoms with Crippen molar-refractivity contribution in [3.8, 4) is 0 Å². The van der Waals surface area contributed by atoms with E-state index in [2.05, 4.69) is 3.63 Å². The van der Waals surface area contributed by atoms with Crippen LogP contribution in [0.2, 0.25) is 0 Å². The SMILES string of the molecule is O=C1C2CC3CC1CC(OC(=O)C(F)(F)S(=O)(=O)[OH+]S(c1ccccc1)(c1ccccc1)c1ccccc1)(C3)C2. The van der Waals surface area contributed by atoms with Gasteiger partial charge in [0.1, 0.15) is 11.4 Å². The number of ether oxygens (including phenoxy) is 1. The highest BCUT2D eigenvalue weighted by atomic mass is 32.3. The number of hydrogen-bond donors (Lipinski definition) is 0. The van der Waals surface area contributed by atoms with Gasteiger partial charge in [0.25, 0.3) is 0 Å². The summed E-state index contributed by atoms with van der Waals surface area (Å²) in [5.74, 6) is -2.60. The molecule has 6 nitrogen and oxygen atoms in total. The summed E-state index contributed by atoms with van der Waals surface area (Å²) in [4.78, 5) is 26.9. The molecule has 0 aromatic heterocycles. The van der Waals surface area contributed by atoms with Gasteiger partial charge in [0.2, 0.25) is 0 Å². The van der Waals surface area contributed by atoms with Crippen LogP contribution >= 0.6 is 10.3 Å². The van der Waals surface area contributed by atoms with Crippen molar-refractivity contribution in [2.45, 2.75) is 57.6 Å². The van der Waals surface area contributed by atoms with Crippen molar-refractivity contribution in [1.29, 1.82) is 0 Å². The first-order valence-electron chi connectivity index (χ1n) is 13.2. The number of halogens is 2. The molecule has 3 aromatic rings. The predicted octanol–water partition coefficient (Wildman–Crippen LogP) is 6.59. The molecular formula is C30H29F2O6S2+. The smallest absolute Gasteiger partial charge is 0.453 e. The molecule has 0 radical (unpaired) electrons. The Kier molecular flexibility index (Phi) is 6.63. The fourth-order valence-electron chi connectivity index (χ4n) is 6.75. The zero-order valence-electron chi connectivity index (χ0n) is 21.5. The lowest BCUT2D eigenvalue weighted by molar-refractivity contribution is -0.202. The van der Waals surface area contributed by atoms with Crippen LogP contribution in [0.15, 0.2) is 106 Å². The fraction of sp³-hybridized carbons (Fsp3) is 0.333. The van der Waals surface area contributed by atoms with Crippen LogP contribution in [-0.2, 0) is 24.4 Å². The van der Waals surface area contributed by atoms with Crippen molar-refractivity contribution in [2.75, 3.05) is 0 Å². The first-order valence-corrected chi connectivity index (χ1v) is 16.2. The summed E-state index contributed by atoms with van der Waals surface area (Å²) in [5, 5.41) is -4.93. The zero-order valence-corrected chi connectivity index (χ0v) is 23.1. The molecule has 0 aliphatic heterocycles. The number of rotatable bonds is 8. The molecule has 0 spiro atoms. The zero-order chi connectivity index (χ0) is 28.2. The minimum absolute atomic E-state index is 0.0963. The largest absolute Gasteiger partial charge is 0.514 e. The van der Waals surface area contributed by atoms with E-state index in [1.165, 1.54) is 0 Å².